The van der Waals surface area contributed by atoms with Crippen molar-refractivity contribution in [1.82, 2.24) is 0 Å². The van der Waals surface area contributed by atoms with Gasteiger partial charge in [0.15, 0.2) is 0 Å². The third kappa shape index (κ3) is 8.15. The van der Waals surface area contributed by atoms with Gasteiger partial charge in [0.05, 0.1) is 0 Å². The molecular formula is C60H46O. The second kappa shape index (κ2) is 17.6. The van der Waals surface area contributed by atoms with Crippen LogP contribution in [-0.4, -0.2) is 5.11 Å². The number of fused-ring (bicyclic) bond motifs is 3. The summed E-state index contributed by atoms with van der Waals surface area (Å²) >= 11 is 0. The molecule has 1 aliphatic rings. The van der Waals surface area contributed by atoms with Crippen LogP contribution in [0, 0.1) is 0 Å². The molecule has 0 heterocycles. The molecule has 1 heteroatoms. The summed E-state index contributed by atoms with van der Waals surface area (Å²) in [4.78, 5) is 0. The fraction of sp³-hybridized carbons (Fsp3) is 0.0333. The van der Waals surface area contributed by atoms with E-state index in [0.29, 0.717) is 0 Å². The molecular weight excluding hydrogens is 737 g/mol. The van der Waals surface area contributed by atoms with Crippen LogP contribution in [0.3, 0.4) is 0 Å². The number of benzene rings is 9. The van der Waals surface area contributed by atoms with Crippen LogP contribution in [0.4, 0.5) is 0 Å². The van der Waals surface area contributed by atoms with Crippen LogP contribution < -0.4 is 0 Å². The van der Waals surface area contributed by atoms with E-state index in [1.165, 1.54) is 33.0 Å². The molecule has 0 aliphatic heterocycles. The highest BCUT2D eigenvalue weighted by molar-refractivity contribution is 6.03. The molecule has 1 nitrogen and oxygen atoms in total. The van der Waals surface area contributed by atoms with Gasteiger partial charge in [-0.15, -0.1) is 0 Å². The van der Waals surface area contributed by atoms with Crippen molar-refractivity contribution in [1.29, 1.82) is 0 Å². The molecule has 0 spiro atoms. The number of aryl methyl sites for hydroxylation is 1. The summed E-state index contributed by atoms with van der Waals surface area (Å²) in [6, 6.07) is 71.1. The van der Waals surface area contributed by atoms with Crippen molar-refractivity contribution in [3.05, 3.63) is 243 Å². The molecule has 0 saturated carbocycles. The molecule has 0 radical (unpaired) electrons. The lowest BCUT2D eigenvalue weighted by atomic mass is 9.86. The van der Waals surface area contributed by atoms with E-state index in [2.05, 4.69) is 201 Å². The van der Waals surface area contributed by atoms with Gasteiger partial charge in [-0.05, 0) is 156 Å². The molecule has 10 rings (SSSR count). The van der Waals surface area contributed by atoms with Crippen LogP contribution in [-0.2, 0) is 6.42 Å². The standard InChI is InChI=1S/C56H40O.C4H6/c57-55-37-49(48-33-46(38-16-4-1-5-17-38)32-47(34-48)39-18-6-2-7-19-39)36-54(56(55)40-20-8-3-9-21-40)44-26-15-24-42(31-44)41-23-14-25-43(30-41)53-35-45-22-10-11-27-50(45)51-28-12-13-29-52(51)53;1-3-4-2/h1-9,11-21,23-37,57H,10,22H2;3-4H,1-2H2. The Bertz CT molecular complexity index is 2980. The third-order valence-corrected chi connectivity index (χ3v) is 11.5. The first-order valence-corrected chi connectivity index (χ1v) is 20.9. The summed E-state index contributed by atoms with van der Waals surface area (Å²) < 4.78 is 0. The van der Waals surface area contributed by atoms with E-state index in [0.717, 1.165) is 79.6 Å². The molecule has 1 N–H and O–H groups in total. The molecule has 9 aromatic rings. The van der Waals surface area contributed by atoms with Crippen molar-refractivity contribution in [2.24, 2.45) is 0 Å². The van der Waals surface area contributed by atoms with Crippen LogP contribution in [0.25, 0.3) is 94.7 Å². The van der Waals surface area contributed by atoms with E-state index in [-0.39, 0.29) is 5.75 Å². The minimum absolute atomic E-state index is 0.251. The van der Waals surface area contributed by atoms with Gasteiger partial charge in [0, 0.05) is 5.56 Å². The van der Waals surface area contributed by atoms with Gasteiger partial charge in [0.2, 0.25) is 0 Å². The van der Waals surface area contributed by atoms with Crippen molar-refractivity contribution < 1.29 is 5.11 Å². The van der Waals surface area contributed by atoms with Crippen LogP contribution >= 0.6 is 0 Å². The summed E-state index contributed by atoms with van der Waals surface area (Å²) in [5.41, 5.74) is 17.9. The molecule has 1 aliphatic carbocycles. The molecule has 292 valence electrons. The lowest BCUT2D eigenvalue weighted by molar-refractivity contribution is 0.478. The fourth-order valence-electron chi connectivity index (χ4n) is 8.59. The molecule has 9 aromatic carbocycles. The average molecular weight is 783 g/mol. The zero-order chi connectivity index (χ0) is 41.5. The molecule has 0 fully saturated rings. The second-order valence-electron chi connectivity index (χ2n) is 15.4. The van der Waals surface area contributed by atoms with Gasteiger partial charge in [-0.3, -0.25) is 0 Å². The van der Waals surface area contributed by atoms with Crippen molar-refractivity contribution in [2.45, 2.75) is 12.8 Å². The highest BCUT2D eigenvalue weighted by Crippen LogP contribution is 2.45. The summed E-state index contributed by atoms with van der Waals surface area (Å²) in [6.07, 6.45) is 10.0. The van der Waals surface area contributed by atoms with Gasteiger partial charge in [0.1, 0.15) is 5.75 Å². The van der Waals surface area contributed by atoms with Gasteiger partial charge in [0.25, 0.3) is 0 Å². The molecule has 0 amide bonds. The topological polar surface area (TPSA) is 20.2 Å². The van der Waals surface area contributed by atoms with E-state index in [1.807, 2.05) is 24.3 Å². The maximum Gasteiger partial charge on any atom is 0.124 e. The molecule has 0 bridgehead atoms. The van der Waals surface area contributed by atoms with Crippen molar-refractivity contribution >= 4 is 16.8 Å². The van der Waals surface area contributed by atoms with Crippen molar-refractivity contribution in [3.63, 3.8) is 0 Å². The first kappa shape index (κ1) is 38.8. The third-order valence-electron chi connectivity index (χ3n) is 11.5. The van der Waals surface area contributed by atoms with E-state index in [1.54, 1.807) is 12.2 Å². The highest BCUT2D eigenvalue weighted by atomic mass is 16.3. The average Bonchev–Trinajstić information content (AvgIpc) is 3.34. The molecule has 0 unspecified atom stereocenters. The minimum atomic E-state index is 0.251. The predicted octanol–water partition coefficient (Wildman–Crippen LogP) is 16.5. The molecule has 0 aromatic heterocycles. The number of phenolic OH excluding ortho intramolecular Hbond substituents is 1. The Hall–Kier alpha value is -7.74. The Morgan fingerprint density at radius 3 is 1.39 bits per heavy atom. The Morgan fingerprint density at radius 1 is 0.377 bits per heavy atom. The number of allylic oxidation sites excluding steroid dienone is 3. The summed E-state index contributed by atoms with van der Waals surface area (Å²) in [5.74, 6) is 0.251. The summed E-state index contributed by atoms with van der Waals surface area (Å²) in [5, 5.41) is 14.6. The van der Waals surface area contributed by atoms with E-state index in [4.69, 9.17) is 0 Å². The summed E-state index contributed by atoms with van der Waals surface area (Å²) in [6.45, 7) is 6.72. The predicted molar refractivity (Wildman–Crippen MR) is 261 cm³/mol. The minimum Gasteiger partial charge on any atom is -0.507 e. The SMILES string of the molecule is C=CC=C.Oc1cc(-c2cc(-c3ccccc3)cc(-c3ccccc3)c2)cc(-c2cccc(-c3cccc(-c4cc5c(c6ccccc46)C=CCC5)c3)c2)c1-c1ccccc1. The summed E-state index contributed by atoms with van der Waals surface area (Å²) in [7, 11) is 0. The van der Waals surface area contributed by atoms with Gasteiger partial charge in [-0.25, -0.2) is 0 Å². The monoisotopic (exact) mass is 782 g/mol. The number of phenols is 1. The van der Waals surface area contributed by atoms with Crippen LogP contribution in [0.2, 0.25) is 0 Å². The highest BCUT2D eigenvalue weighted by Gasteiger charge is 2.18. The van der Waals surface area contributed by atoms with Crippen molar-refractivity contribution in [2.75, 3.05) is 0 Å². The Labute approximate surface area is 359 Å². The zero-order valence-corrected chi connectivity index (χ0v) is 34.1. The first-order valence-electron chi connectivity index (χ1n) is 20.9. The van der Waals surface area contributed by atoms with Crippen LogP contribution in [0.15, 0.2) is 232 Å². The molecule has 0 atom stereocenters. The molecule has 0 saturated heterocycles. The Morgan fingerprint density at radius 2 is 0.820 bits per heavy atom. The second-order valence-corrected chi connectivity index (χ2v) is 15.4. The zero-order valence-electron chi connectivity index (χ0n) is 34.1. The van der Waals surface area contributed by atoms with Crippen molar-refractivity contribution in [3.8, 4) is 83.6 Å². The number of hydrogen-bond donors (Lipinski definition) is 1. The maximum absolute atomic E-state index is 12.0. The maximum atomic E-state index is 12.0. The van der Waals surface area contributed by atoms with E-state index < -0.39 is 0 Å². The number of rotatable bonds is 8. The largest absolute Gasteiger partial charge is 0.507 e. The Balaban J connectivity index is 0.00000114. The lowest BCUT2D eigenvalue weighted by Gasteiger charge is -2.18. The van der Waals surface area contributed by atoms with Crippen LogP contribution in [0.1, 0.15) is 17.5 Å². The van der Waals surface area contributed by atoms with Gasteiger partial charge >= 0.3 is 0 Å². The normalized spacial score (nSPS) is 11.6. The van der Waals surface area contributed by atoms with E-state index in [9.17, 15) is 5.11 Å². The van der Waals surface area contributed by atoms with Gasteiger partial charge < -0.3 is 5.11 Å². The van der Waals surface area contributed by atoms with Gasteiger partial charge in [-0.1, -0.05) is 189 Å². The fourth-order valence-corrected chi connectivity index (χ4v) is 8.59. The Kier molecular flexibility index (Phi) is 11.2. The quantitative estimate of drug-likeness (QED) is 0.152. The smallest absolute Gasteiger partial charge is 0.124 e. The van der Waals surface area contributed by atoms with E-state index >= 15 is 0 Å². The molecule has 61 heavy (non-hydrogen) atoms. The lowest BCUT2D eigenvalue weighted by Crippen LogP contribution is -1.97. The number of hydrogen-bond acceptors (Lipinski definition) is 1. The number of aromatic hydroxyl groups is 1. The first-order chi connectivity index (χ1) is 30.1. The van der Waals surface area contributed by atoms with Crippen LogP contribution in [0.5, 0.6) is 5.75 Å². The van der Waals surface area contributed by atoms with Gasteiger partial charge in [-0.2, -0.15) is 0 Å².